The highest BCUT2D eigenvalue weighted by molar-refractivity contribution is 6.34. The molecule has 23 heavy (non-hydrogen) atoms. The zero-order valence-electron chi connectivity index (χ0n) is 13.4. The highest BCUT2D eigenvalue weighted by Gasteiger charge is 2.18. The van der Waals surface area contributed by atoms with Crippen LogP contribution in [0.25, 0.3) is 0 Å². The number of methoxy groups -OCH3 is 1. The van der Waals surface area contributed by atoms with Crippen molar-refractivity contribution in [2.75, 3.05) is 25.6 Å². The van der Waals surface area contributed by atoms with E-state index in [0.29, 0.717) is 41.8 Å². The fourth-order valence-electron chi connectivity index (χ4n) is 2.83. The Balaban J connectivity index is 1.90. The molecule has 0 atom stereocenters. The van der Waals surface area contributed by atoms with Gasteiger partial charge in [-0.1, -0.05) is 24.4 Å². The van der Waals surface area contributed by atoms with E-state index in [9.17, 15) is 9.59 Å². The van der Waals surface area contributed by atoms with E-state index < -0.39 is 0 Å². The Hall–Kier alpha value is -1.59. The summed E-state index contributed by atoms with van der Waals surface area (Å²) in [6.45, 7) is 0.865. The molecular formula is C17H23ClN2O3. The number of amides is 2. The molecule has 0 unspecified atom stereocenters. The van der Waals surface area contributed by atoms with Crippen molar-refractivity contribution >= 4 is 29.1 Å². The van der Waals surface area contributed by atoms with E-state index in [-0.39, 0.29) is 11.8 Å². The first kappa shape index (κ1) is 17.8. The van der Waals surface area contributed by atoms with Gasteiger partial charge >= 0.3 is 0 Å². The maximum absolute atomic E-state index is 12.0. The van der Waals surface area contributed by atoms with Crippen molar-refractivity contribution < 1.29 is 14.3 Å². The Bertz CT molecular complexity index is 557. The van der Waals surface area contributed by atoms with Crippen LogP contribution in [-0.2, 0) is 9.53 Å². The van der Waals surface area contributed by atoms with Gasteiger partial charge in [0.25, 0.3) is 5.91 Å². The number of rotatable bonds is 7. The molecule has 1 saturated carbocycles. The molecule has 1 aliphatic carbocycles. The molecule has 2 amide bonds. The number of benzene rings is 1. The van der Waals surface area contributed by atoms with Gasteiger partial charge in [0, 0.05) is 25.8 Å². The molecule has 5 nitrogen and oxygen atoms in total. The largest absolute Gasteiger partial charge is 0.383 e. The second kappa shape index (κ2) is 8.89. The third-order valence-electron chi connectivity index (χ3n) is 4.04. The maximum Gasteiger partial charge on any atom is 0.252 e. The third kappa shape index (κ3) is 5.52. The lowest BCUT2D eigenvalue weighted by atomic mass is 10.0. The average molecular weight is 339 g/mol. The summed E-state index contributed by atoms with van der Waals surface area (Å²) in [5.74, 6) is 0.248. The van der Waals surface area contributed by atoms with Crippen molar-refractivity contribution in [1.82, 2.24) is 5.32 Å². The number of hydrogen-bond donors (Lipinski definition) is 2. The number of nitrogens with one attached hydrogen (secondary N) is 2. The fraction of sp³-hybridized carbons (Fsp3) is 0.529. The van der Waals surface area contributed by atoms with Crippen molar-refractivity contribution in [3.05, 3.63) is 28.8 Å². The molecule has 1 aromatic rings. The smallest absolute Gasteiger partial charge is 0.252 e. The number of halogens is 1. The highest BCUT2D eigenvalue weighted by atomic mass is 35.5. The monoisotopic (exact) mass is 338 g/mol. The van der Waals surface area contributed by atoms with E-state index in [0.717, 1.165) is 12.8 Å². The van der Waals surface area contributed by atoms with Gasteiger partial charge in [-0.25, -0.2) is 0 Å². The van der Waals surface area contributed by atoms with Gasteiger partial charge in [-0.3, -0.25) is 9.59 Å². The molecule has 2 N–H and O–H groups in total. The molecule has 0 heterocycles. The van der Waals surface area contributed by atoms with Crippen molar-refractivity contribution in [1.29, 1.82) is 0 Å². The summed E-state index contributed by atoms with van der Waals surface area (Å²) in [6.07, 6.45) is 5.26. The normalized spacial score (nSPS) is 14.7. The molecule has 0 bridgehead atoms. The van der Waals surface area contributed by atoms with Crippen LogP contribution in [0.15, 0.2) is 18.2 Å². The highest BCUT2D eigenvalue weighted by Crippen LogP contribution is 2.28. The SMILES string of the molecule is COCCNC(=O)c1ccc(NC(=O)CC2CCCC2)cc1Cl. The topological polar surface area (TPSA) is 67.4 Å². The quantitative estimate of drug-likeness (QED) is 0.750. The number of hydrogen-bond acceptors (Lipinski definition) is 3. The van der Waals surface area contributed by atoms with Gasteiger partial charge in [0.05, 0.1) is 17.2 Å². The number of anilines is 1. The van der Waals surface area contributed by atoms with E-state index >= 15 is 0 Å². The molecule has 0 aliphatic heterocycles. The van der Waals surface area contributed by atoms with Crippen LogP contribution >= 0.6 is 11.6 Å². The van der Waals surface area contributed by atoms with Crippen molar-refractivity contribution in [2.45, 2.75) is 32.1 Å². The van der Waals surface area contributed by atoms with Crippen molar-refractivity contribution in [3.63, 3.8) is 0 Å². The van der Waals surface area contributed by atoms with Crippen LogP contribution in [0, 0.1) is 5.92 Å². The molecule has 1 aliphatic rings. The number of carbonyl (C=O) groups is 2. The molecular weight excluding hydrogens is 316 g/mol. The van der Waals surface area contributed by atoms with Crippen LogP contribution in [-0.4, -0.2) is 32.1 Å². The minimum atomic E-state index is -0.254. The first-order valence-corrected chi connectivity index (χ1v) is 8.34. The summed E-state index contributed by atoms with van der Waals surface area (Å²) >= 11 is 6.15. The van der Waals surface area contributed by atoms with E-state index in [1.807, 2.05) is 0 Å². The second-order valence-corrected chi connectivity index (χ2v) is 6.25. The van der Waals surface area contributed by atoms with Crippen LogP contribution < -0.4 is 10.6 Å². The van der Waals surface area contributed by atoms with Crippen LogP contribution in [0.1, 0.15) is 42.5 Å². The summed E-state index contributed by atoms with van der Waals surface area (Å²) < 4.78 is 4.88. The average Bonchev–Trinajstić information content (AvgIpc) is 3.00. The lowest BCUT2D eigenvalue weighted by Crippen LogP contribution is -2.27. The second-order valence-electron chi connectivity index (χ2n) is 5.85. The third-order valence-corrected chi connectivity index (χ3v) is 4.35. The molecule has 1 aromatic carbocycles. The summed E-state index contributed by atoms with van der Waals surface area (Å²) in [5.41, 5.74) is 1.00. The van der Waals surface area contributed by atoms with Gasteiger partial charge in [0.2, 0.25) is 5.91 Å². The van der Waals surface area contributed by atoms with Crippen LogP contribution in [0.3, 0.4) is 0 Å². The predicted octanol–water partition coefficient (Wildman–Crippen LogP) is 3.24. The minimum Gasteiger partial charge on any atom is -0.383 e. The minimum absolute atomic E-state index is 0.00487. The lowest BCUT2D eigenvalue weighted by molar-refractivity contribution is -0.117. The summed E-state index contributed by atoms with van der Waals surface area (Å²) in [7, 11) is 1.57. The Labute approximate surface area is 141 Å². The van der Waals surface area contributed by atoms with Crippen molar-refractivity contribution in [3.8, 4) is 0 Å². The standard InChI is InChI=1S/C17H23ClN2O3/c1-23-9-8-19-17(22)14-7-6-13(11-15(14)18)20-16(21)10-12-4-2-3-5-12/h6-7,11-12H,2-5,8-10H2,1H3,(H,19,22)(H,20,21). The van der Waals surface area contributed by atoms with Gasteiger partial charge in [0.15, 0.2) is 0 Å². The molecule has 2 rings (SSSR count). The predicted molar refractivity (Wildman–Crippen MR) is 90.9 cm³/mol. The van der Waals surface area contributed by atoms with E-state index in [2.05, 4.69) is 10.6 Å². The maximum atomic E-state index is 12.0. The Morgan fingerprint density at radius 2 is 2.04 bits per heavy atom. The Kier molecular flexibility index (Phi) is 6.86. The molecule has 0 aromatic heterocycles. The first-order valence-electron chi connectivity index (χ1n) is 7.96. The molecule has 0 radical (unpaired) electrons. The number of ether oxygens (including phenoxy) is 1. The summed E-state index contributed by atoms with van der Waals surface area (Å²) in [5, 5.41) is 5.88. The Morgan fingerprint density at radius 3 is 2.70 bits per heavy atom. The molecule has 0 saturated heterocycles. The van der Waals surface area contributed by atoms with Gasteiger partial charge in [0.1, 0.15) is 0 Å². The number of carbonyl (C=O) groups excluding carboxylic acids is 2. The van der Waals surface area contributed by atoms with Crippen molar-refractivity contribution in [2.24, 2.45) is 5.92 Å². The zero-order chi connectivity index (χ0) is 16.7. The van der Waals surface area contributed by atoms with E-state index in [4.69, 9.17) is 16.3 Å². The molecule has 126 valence electrons. The van der Waals surface area contributed by atoms with Crippen LogP contribution in [0.5, 0.6) is 0 Å². The molecule has 0 spiro atoms. The van der Waals surface area contributed by atoms with E-state index in [1.54, 1.807) is 25.3 Å². The lowest BCUT2D eigenvalue weighted by Gasteiger charge is -2.11. The Morgan fingerprint density at radius 1 is 1.30 bits per heavy atom. The van der Waals surface area contributed by atoms with Crippen LogP contribution in [0.4, 0.5) is 5.69 Å². The molecule has 1 fully saturated rings. The fourth-order valence-corrected chi connectivity index (χ4v) is 3.09. The van der Waals surface area contributed by atoms with Gasteiger partial charge < -0.3 is 15.4 Å². The van der Waals surface area contributed by atoms with Gasteiger partial charge in [-0.05, 0) is 37.0 Å². The summed E-state index contributed by atoms with van der Waals surface area (Å²) in [6, 6.07) is 4.93. The molecule has 6 heteroatoms. The van der Waals surface area contributed by atoms with E-state index in [1.165, 1.54) is 12.8 Å². The zero-order valence-corrected chi connectivity index (χ0v) is 14.1. The van der Waals surface area contributed by atoms with Crippen LogP contribution in [0.2, 0.25) is 5.02 Å². The van der Waals surface area contributed by atoms with Gasteiger partial charge in [-0.2, -0.15) is 0 Å². The first-order chi connectivity index (χ1) is 11.1. The van der Waals surface area contributed by atoms with Gasteiger partial charge in [-0.15, -0.1) is 0 Å². The summed E-state index contributed by atoms with van der Waals surface area (Å²) in [4.78, 5) is 24.0.